The minimum Gasteiger partial charge on any atom is -0.478 e. The van der Waals surface area contributed by atoms with Gasteiger partial charge in [0.15, 0.2) is 0 Å². The summed E-state index contributed by atoms with van der Waals surface area (Å²) >= 11 is 11.9. The molecule has 1 aliphatic rings. The largest absolute Gasteiger partial charge is 0.478 e. The highest BCUT2D eigenvalue weighted by atomic mass is 35.5. The monoisotopic (exact) mass is 605 g/mol. The number of carboxylic acids is 2. The van der Waals surface area contributed by atoms with Gasteiger partial charge in [-0.05, 0) is 79.2 Å². The van der Waals surface area contributed by atoms with Crippen LogP contribution in [0.5, 0.6) is 0 Å². The summed E-state index contributed by atoms with van der Waals surface area (Å²) in [7, 11) is 0. The molecule has 0 radical (unpaired) electrons. The molecule has 0 unspecified atom stereocenters. The van der Waals surface area contributed by atoms with E-state index in [9.17, 15) is 19.2 Å². The van der Waals surface area contributed by atoms with Crippen LogP contribution in [0, 0.1) is 6.92 Å². The van der Waals surface area contributed by atoms with Crippen molar-refractivity contribution in [3.8, 4) is 0 Å². The van der Waals surface area contributed by atoms with Crippen molar-refractivity contribution in [1.82, 2.24) is 0 Å². The van der Waals surface area contributed by atoms with Crippen LogP contribution in [0.15, 0.2) is 84.9 Å². The number of carbonyl (C=O) groups excluding carboxylic acids is 2. The van der Waals surface area contributed by atoms with E-state index < -0.39 is 11.9 Å². The van der Waals surface area contributed by atoms with Crippen LogP contribution < -0.4 is 15.5 Å². The fraction of sp³-hybridized carbons (Fsp3) is 0.0968. The number of aromatic carboxylic acids is 2. The molecule has 0 bridgehead atoms. The Labute approximate surface area is 251 Å². The molecule has 4 N–H and O–H groups in total. The number of rotatable bonds is 5. The van der Waals surface area contributed by atoms with E-state index in [0.717, 1.165) is 17.4 Å². The molecule has 4 aromatic rings. The second-order valence-corrected chi connectivity index (χ2v) is 10.1. The Morgan fingerprint density at radius 1 is 0.786 bits per heavy atom. The Morgan fingerprint density at radius 3 is 2.07 bits per heavy atom. The number of amides is 2. The van der Waals surface area contributed by atoms with Crippen molar-refractivity contribution in [3.05, 3.63) is 123 Å². The molecule has 0 fully saturated rings. The summed E-state index contributed by atoms with van der Waals surface area (Å²) in [5.41, 5.74) is 3.85. The summed E-state index contributed by atoms with van der Waals surface area (Å²) in [4.78, 5) is 48.2. The number of hydrogen-bond acceptors (Lipinski definition) is 5. The number of nitrogens with zero attached hydrogens (tertiary/aromatic N) is 1. The van der Waals surface area contributed by atoms with Crippen LogP contribution in [0.4, 0.5) is 17.1 Å². The lowest BCUT2D eigenvalue weighted by Crippen LogP contribution is -2.38. The van der Waals surface area contributed by atoms with Crippen LogP contribution in [0.25, 0.3) is 0 Å². The lowest BCUT2D eigenvalue weighted by Gasteiger charge is -2.30. The summed E-state index contributed by atoms with van der Waals surface area (Å²) in [6.07, 6.45) is 0. The summed E-state index contributed by atoms with van der Waals surface area (Å²) in [5.74, 6) is -2.65. The molecule has 42 heavy (non-hydrogen) atoms. The molecule has 5 rings (SSSR count). The number of hydrogen-bond donors (Lipinski definition) is 4. The van der Waals surface area contributed by atoms with E-state index in [1.165, 1.54) is 12.1 Å². The molecule has 2 amide bonds. The molecule has 0 atom stereocenters. The Hall–Kier alpha value is -4.86. The third kappa shape index (κ3) is 7.25. The van der Waals surface area contributed by atoms with E-state index in [2.05, 4.69) is 10.6 Å². The maximum Gasteiger partial charge on any atom is 0.335 e. The van der Waals surface area contributed by atoms with E-state index in [1.807, 2.05) is 24.3 Å². The van der Waals surface area contributed by atoms with Crippen LogP contribution in [0.3, 0.4) is 0 Å². The number of halogens is 2. The number of fused-ring (bicyclic) bond motifs is 1. The minimum atomic E-state index is -1.12. The topological polar surface area (TPSA) is 136 Å². The van der Waals surface area contributed by atoms with Gasteiger partial charge in [0.2, 0.25) is 0 Å². The summed E-state index contributed by atoms with van der Waals surface area (Å²) in [5, 5.41) is 24.1. The van der Waals surface area contributed by atoms with Crippen molar-refractivity contribution in [3.63, 3.8) is 0 Å². The summed E-state index contributed by atoms with van der Waals surface area (Å²) in [6.45, 7) is 2.90. The predicted molar refractivity (Wildman–Crippen MR) is 163 cm³/mol. The first kappa shape index (κ1) is 30.1. The van der Waals surface area contributed by atoms with E-state index in [1.54, 1.807) is 54.3 Å². The van der Waals surface area contributed by atoms with Crippen LogP contribution in [0.2, 0.25) is 10.0 Å². The van der Waals surface area contributed by atoms with Gasteiger partial charge < -0.3 is 25.7 Å². The van der Waals surface area contributed by atoms with Crippen molar-refractivity contribution in [1.29, 1.82) is 0 Å². The molecule has 1 aliphatic heterocycles. The molecule has 0 aliphatic carbocycles. The number of para-hydroxylation sites is 2. The van der Waals surface area contributed by atoms with Crippen LogP contribution >= 0.6 is 23.2 Å². The van der Waals surface area contributed by atoms with E-state index in [-0.39, 0.29) is 22.9 Å². The Kier molecular flexibility index (Phi) is 9.46. The molecule has 1 heterocycles. The first-order chi connectivity index (χ1) is 20.0. The fourth-order valence-corrected chi connectivity index (χ4v) is 4.74. The zero-order valence-corrected chi connectivity index (χ0v) is 23.7. The summed E-state index contributed by atoms with van der Waals surface area (Å²) in [6, 6.07) is 23.2. The highest BCUT2D eigenvalue weighted by molar-refractivity contribution is 6.35. The molecular formula is C31H25Cl2N3O6. The van der Waals surface area contributed by atoms with Crippen LogP contribution in [-0.4, -0.2) is 47.1 Å². The third-order valence-electron chi connectivity index (χ3n) is 6.32. The first-order valence-corrected chi connectivity index (χ1v) is 13.4. The van der Waals surface area contributed by atoms with Gasteiger partial charge >= 0.3 is 11.9 Å². The Morgan fingerprint density at radius 2 is 1.43 bits per heavy atom. The molecular weight excluding hydrogens is 581 g/mol. The second kappa shape index (κ2) is 13.2. The van der Waals surface area contributed by atoms with Gasteiger partial charge in [-0.1, -0.05) is 41.4 Å². The standard InChI is InChI=1S/C22H17Cl2N3O2.C9H8O4/c23-16-11-15(12-17(24)13-16)21(28)26-18-7-5-14(6-8-18)22(29)27-10-9-25-19-3-1-2-4-20(19)27;1-5-2-3-6(8(10)11)4-7(5)9(12)13/h1-8,11-13,25H,9-10H2,(H,26,28);2-4H,1H3,(H,10,11)(H,12,13). The second-order valence-electron chi connectivity index (χ2n) is 9.23. The molecule has 0 saturated heterocycles. The smallest absolute Gasteiger partial charge is 0.335 e. The van der Waals surface area contributed by atoms with Gasteiger partial charge in [-0.15, -0.1) is 0 Å². The van der Waals surface area contributed by atoms with Gasteiger partial charge in [0.05, 0.1) is 22.5 Å². The first-order valence-electron chi connectivity index (χ1n) is 12.6. The molecule has 214 valence electrons. The number of aryl methyl sites for hydroxylation is 1. The average molecular weight is 606 g/mol. The normalized spacial score (nSPS) is 11.7. The number of carboxylic acid groups (broad SMARTS) is 2. The van der Waals surface area contributed by atoms with Gasteiger partial charge in [-0.25, -0.2) is 9.59 Å². The van der Waals surface area contributed by atoms with Crippen molar-refractivity contribution in [2.45, 2.75) is 6.92 Å². The van der Waals surface area contributed by atoms with Crippen LogP contribution in [-0.2, 0) is 0 Å². The molecule has 9 nitrogen and oxygen atoms in total. The van der Waals surface area contributed by atoms with Gasteiger partial charge in [0.1, 0.15) is 0 Å². The minimum absolute atomic E-state index is 0.0111. The van der Waals surface area contributed by atoms with Gasteiger partial charge in [-0.3, -0.25) is 9.59 Å². The van der Waals surface area contributed by atoms with Crippen molar-refractivity contribution < 1.29 is 29.4 Å². The predicted octanol–water partition coefficient (Wildman–Crippen LogP) is 6.71. The van der Waals surface area contributed by atoms with Crippen LogP contribution in [0.1, 0.15) is 47.0 Å². The van der Waals surface area contributed by atoms with E-state index in [4.69, 9.17) is 33.4 Å². The molecule has 0 saturated carbocycles. The van der Waals surface area contributed by atoms with Crippen molar-refractivity contribution in [2.75, 3.05) is 28.6 Å². The van der Waals surface area contributed by atoms with Gasteiger partial charge in [-0.2, -0.15) is 0 Å². The Balaban J connectivity index is 0.000000262. The SMILES string of the molecule is Cc1ccc(C(=O)O)cc1C(=O)O.O=C(Nc1ccc(C(=O)N2CCNc3ccccc32)cc1)c1cc(Cl)cc(Cl)c1. The van der Waals surface area contributed by atoms with Crippen molar-refractivity contribution >= 4 is 64.0 Å². The number of carbonyl (C=O) groups is 4. The molecule has 4 aromatic carbocycles. The highest BCUT2D eigenvalue weighted by Crippen LogP contribution is 2.30. The van der Waals surface area contributed by atoms with Gasteiger partial charge in [0, 0.05) is 39.9 Å². The van der Waals surface area contributed by atoms with E-state index >= 15 is 0 Å². The number of benzene rings is 4. The molecule has 0 aromatic heterocycles. The number of nitrogens with one attached hydrogen (secondary N) is 2. The third-order valence-corrected chi connectivity index (χ3v) is 6.76. The lowest BCUT2D eigenvalue weighted by molar-refractivity contribution is 0.0695. The maximum atomic E-state index is 13.0. The average Bonchev–Trinajstić information content (AvgIpc) is 2.96. The molecule has 11 heteroatoms. The lowest BCUT2D eigenvalue weighted by atomic mass is 10.1. The van der Waals surface area contributed by atoms with Gasteiger partial charge in [0.25, 0.3) is 11.8 Å². The quantitative estimate of drug-likeness (QED) is 0.198. The molecule has 0 spiro atoms. The zero-order valence-electron chi connectivity index (χ0n) is 22.2. The van der Waals surface area contributed by atoms with Crippen molar-refractivity contribution in [2.24, 2.45) is 0 Å². The number of anilines is 3. The fourth-order valence-electron chi connectivity index (χ4n) is 4.22. The Bertz CT molecular complexity index is 1650. The maximum absolute atomic E-state index is 13.0. The highest BCUT2D eigenvalue weighted by Gasteiger charge is 2.23. The van der Waals surface area contributed by atoms with E-state index in [0.29, 0.717) is 45.5 Å². The summed E-state index contributed by atoms with van der Waals surface area (Å²) < 4.78 is 0. The zero-order chi connectivity index (χ0) is 30.4.